The minimum Gasteiger partial charge on any atom is -0.454 e. The largest absolute Gasteiger partial charge is 0.454 e. The monoisotopic (exact) mass is 300 g/mol. The number of hydrogen-bond acceptors (Lipinski definition) is 3. The molecule has 0 saturated carbocycles. The molecule has 0 unspecified atom stereocenters. The molecule has 0 N–H and O–H groups in total. The van der Waals surface area contributed by atoms with E-state index in [1.807, 2.05) is 22.9 Å². The van der Waals surface area contributed by atoms with Crippen molar-refractivity contribution in [1.29, 1.82) is 0 Å². The van der Waals surface area contributed by atoms with Crippen LogP contribution in [0.2, 0.25) is 0 Å². The number of nitrogens with zero attached hydrogens (tertiary/aromatic N) is 2. The van der Waals surface area contributed by atoms with Crippen molar-refractivity contribution in [1.82, 2.24) is 9.78 Å². The van der Waals surface area contributed by atoms with Gasteiger partial charge in [0.25, 0.3) is 0 Å². The molecule has 1 aromatic heterocycles. The molecule has 6 heteroatoms. The average molecular weight is 301 g/mol. The Bertz CT molecular complexity index is 584. The van der Waals surface area contributed by atoms with Gasteiger partial charge in [0.2, 0.25) is 6.79 Å². The molecule has 2 aromatic rings. The maximum atomic E-state index is 5.92. The molecular weight excluding hydrogens is 287 g/mol. The highest BCUT2D eigenvalue weighted by Crippen LogP contribution is 2.42. The lowest BCUT2D eigenvalue weighted by atomic mass is 10.1. The van der Waals surface area contributed by atoms with E-state index in [2.05, 4.69) is 12.0 Å². The number of halogens is 2. The van der Waals surface area contributed by atoms with Crippen LogP contribution in [0.3, 0.4) is 0 Å². The summed E-state index contributed by atoms with van der Waals surface area (Å²) in [6, 6.07) is 5.92. The van der Waals surface area contributed by atoms with Gasteiger partial charge in [0.15, 0.2) is 11.5 Å². The molecule has 0 spiro atoms. The number of alkyl halides is 1. The van der Waals surface area contributed by atoms with Crippen LogP contribution in [-0.4, -0.2) is 16.6 Å². The van der Waals surface area contributed by atoms with E-state index in [9.17, 15) is 0 Å². The minimum atomic E-state index is 0. The van der Waals surface area contributed by atoms with Gasteiger partial charge in [0, 0.05) is 24.2 Å². The first-order valence-electron chi connectivity index (χ1n) is 5.84. The molecule has 0 atom stereocenters. The van der Waals surface area contributed by atoms with Crippen molar-refractivity contribution in [2.45, 2.75) is 19.3 Å². The van der Waals surface area contributed by atoms with Gasteiger partial charge in [-0.2, -0.15) is 5.10 Å². The fraction of sp³-hybridized carbons (Fsp3) is 0.308. The molecule has 4 nitrogen and oxygen atoms in total. The second kappa shape index (κ2) is 5.72. The summed E-state index contributed by atoms with van der Waals surface area (Å²) in [6.07, 6.45) is 1.79. The smallest absolute Gasteiger partial charge is 0.231 e. The van der Waals surface area contributed by atoms with E-state index in [1.165, 1.54) is 0 Å². The summed E-state index contributed by atoms with van der Waals surface area (Å²) in [5.74, 6) is 1.98. The van der Waals surface area contributed by atoms with E-state index in [1.54, 1.807) is 6.20 Å². The first-order chi connectivity index (χ1) is 8.83. The highest BCUT2D eigenvalue weighted by Gasteiger charge is 2.21. The van der Waals surface area contributed by atoms with Crippen LogP contribution < -0.4 is 9.47 Å². The van der Waals surface area contributed by atoms with Gasteiger partial charge < -0.3 is 9.47 Å². The molecule has 1 aromatic carbocycles. The van der Waals surface area contributed by atoms with Gasteiger partial charge in [0.1, 0.15) is 0 Å². The van der Waals surface area contributed by atoms with Crippen LogP contribution >= 0.6 is 24.0 Å². The van der Waals surface area contributed by atoms with E-state index in [-0.39, 0.29) is 19.2 Å². The summed E-state index contributed by atoms with van der Waals surface area (Å²) < 4.78 is 12.9. The van der Waals surface area contributed by atoms with Crippen molar-refractivity contribution in [2.24, 2.45) is 0 Å². The Kier molecular flexibility index (Phi) is 4.22. The van der Waals surface area contributed by atoms with Crippen LogP contribution in [0.4, 0.5) is 0 Å². The molecule has 1 aliphatic rings. The Morgan fingerprint density at radius 2 is 2.21 bits per heavy atom. The van der Waals surface area contributed by atoms with Crippen molar-refractivity contribution < 1.29 is 9.47 Å². The summed E-state index contributed by atoms with van der Waals surface area (Å²) in [5, 5.41) is 4.28. The fourth-order valence-corrected chi connectivity index (χ4v) is 2.30. The summed E-state index contributed by atoms with van der Waals surface area (Å²) in [6.45, 7) is 3.12. The second-order valence-corrected chi connectivity index (χ2v) is 4.31. The summed E-state index contributed by atoms with van der Waals surface area (Å²) in [7, 11) is 0. The van der Waals surface area contributed by atoms with Crippen LogP contribution in [0.25, 0.3) is 11.3 Å². The minimum absolute atomic E-state index is 0. The molecule has 0 fully saturated rings. The number of ether oxygens (including phenoxy) is 2. The Morgan fingerprint density at radius 3 is 2.95 bits per heavy atom. The lowest BCUT2D eigenvalue weighted by Gasteiger charge is -2.09. The van der Waals surface area contributed by atoms with E-state index in [0.717, 1.165) is 34.9 Å². The quantitative estimate of drug-likeness (QED) is 0.815. The Balaban J connectivity index is 0.00000133. The van der Waals surface area contributed by atoms with Crippen molar-refractivity contribution >= 4 is 24.0 Å². The molecule has 0 amide bonds. The first-order valence-corrected chi connectivity index (χ1v) is 6.37. The molecule has 2 heterocycles. The maximum absolute atomic E-state index is 5.92. The van der Waals surface area contributed by atoms with Crippen LogP contribution in [-0.2, 0) is 12.4 Å². The van der Waals surface area contributed by atoms with Gasteiger partial charge in [-0.1, -0.05) is 0 Å². The van der Waals surface area contributed by atoms with Gasteiger partial charge in [-0.15, -0.1) is 24.0 Å². The van der Waals surface area contributed by atoms with Crippen LogP contribution in [0.5, 0.6) is 11.5 Å². The molecule has 0 radical (unpaired) electrons. The molecule has 3 rings (SSSR count). The predicted octanol–water partition coefficient (Wildman–Crippen LogP) is 3.46. The normalized spacial score (nSPS) is 12.3. The molecule has 102 valence electrons. The zero-order valence-electron chi connectivity index (χ0n) is 10.4. The number of aryl methyl sites for hydroxylation is 1. The predicted molar refractivity (Wildman–Crippen MR) is 76.3 cm³/mol. The zero-order chi connectivity index (χ0) is 12.5. The highest BCUT2D eigenvalue weighted by molar-refractivity contribution is 6.17. The third kappa shape index (κ3) is 2.38. The molecule has 1 aliphatic heterocycles. The molecule has 19 heavy (non-hydrogen) atoms. The number of fused-ring (bicyclic) bond motifs is 1. The Hall–Kier alpha value is -1.39. The lowest BCUT2D eigenvalue weighted by molar-refractivity contribution is 0.174. The van der Waals surface area contributed by atoms with E-state index in [0.29, 0.717) is 5.88 Å². The average Bonchev–Trinajstić information content (AvgIpc) is 3.05. The second-order valence-electron chi connectivity index (χ2n) is 4.04. The van der Waals surface area contributed by atoms with Crippen LogP contribution in [0.15, 0.2) is 24.4 Å². The summed E-state index contributed by atoms with van der Waals surface area (Å²) in [4.78, 5) is 0. The molecule has 0 saturated heterocycles. The lowest BCUT2D eigenvalue weighted by Crippen LogP contribution is -2.00. The van der Waals surface area contributed by atoms with Gasteiger partial charge in [-0.3, -0.25) is 4.68 Å². The van der Waals surface area contributed by atoms with Crippen LogP contribution in [0, 0.1) is 0 Å². The number of rotatable bonds is 3. The van der Waals surface area contributed by atoms with E-state index in [4.69, 9.17) is 21.1 Å². The third-order valence-electron chi connectivity index (χ3n) is 2.98. The molecule has 0 aliphatic carbocycles. The van der Waals surface area contributed by atoms with Crippen molar-refractivity contribution in [3.8, 4) is 22.8 Å². The molecular formula is C13H14Cl2N2O2. The van der Waals surface area contributed by atoms with Crippen LogP contribution in [0.1, 0.15) is 12.5 Å². The first kappa shape index (κ1) is 14.0. The van der Waals surface area contributed by atoms with Crippen molar-refractivity contribution in [2.75, 3.05) is 6.79 Å². The Labute approximate surface area is 122 Å². The molecule has 0 bridgehead atoms. The SMILES string of the molecule is CCn1nccc1-c1cc(CCl)cc2c1OCO2.Cl. The number of hydrogen-bond donors (Lipinski definition) is 0. The zero-order valence-corrected chi connectivity index (χ0v) is 12.0. The Morgan fingerprint density at radius 1 is 1.37 bits per heavy atom. The van der Waals surface area contributed by atoms with Gasteiger partial charge in [-0.25, -0.2) is 0 Å². The van der Waals surface area contributed by atoms with Gasteiger partial charge in [0.05, 0.1) is 5.69 Å². The van der Waals surface area contributed by atoms with Crippen molar-refractivity contribution in [3.05, 3.63) is 30.0 Å². The third-order valence-corrected chi connectivity index (χ3v) is 3.29. The summed E-state index contributed by atoms with van der Waals surface area (Å²) in [5.41, 5.74) is 3.02. The van der Waals surface area contributed by atoms with E-state index < -0.39 is 0 Å². The standard InChI is InChI=1S/C13H13ClN2O2.ClH/c1-2-16-11(3-4-15-16)10-5-9(7-14)6-12-13(10)18-8-17-12;/h3-6H,2,7-8H2,1H3;1H. The van der Waals surface area contributed by atoms with Gasteiger partial charge >= 0.3 is 0 Å². The number of aromatic nitrogens is 2. The summed E-state index contributed by atoms with van der Waals surface area (Å²) >= 11 is 5.92. The topological polar surface area (TPSA) is 36.3 Å². The fourth-order valence-electron chi connectivity index (χ4n) is 2.15. The highest BCUT2D eigenvalue weighted by atomic mass is 35.5. The van der Waals surface area contributed by atoms with E-state index >= 15 is 0 Å². The number of benzene rings is 1. The maximum Gasteiger partial charge on any atom is 0.231 e. The van der Waals surface area contributed by atoms with Gasteiger partial charge in [-0.05, 0) is 30.7 Å². The van der Waals surface area contributed by atoms with Crippen molar-refractivity contribution in [3.63, 3.8) is 0 Å².